The Balaban J connectivity index is 1.74. The van der Waals surface area contributed by atoms with Crippen LogP contribution in [0.5, 0.6) is 0 Å². The largest absolute Gasteiger partial charge is 0.350 e. The molecule has 2 aromatic rings. The van der Waals surface area contributed by atoms with E-state index in [4.69, 9.17) is 23.2 Å². The Morgan fingerprint density at radius 1 is 1.09 bits per heavy atom. The Labute approximate surface area is 200 Å². The third-order valence-corrected chi connectivity index (χ3v) is 7.11. The summed E-state index contributed by atoms with van der Waals surface area (Å²) in [5, 5.41) is 3.49. The minimum absolute atomic E-state index is 0.264. The van der Waals surface area contributed by atoms with E-state index in [2.05, 4.69) is 22.3 Å². The Kier molecular flexibility index (Phi) is 8.44. The topological polar surface area (TPSA) is 69.7 Å². The summed E-state index contributed by atoms with van der Waals surface area (Å²) in [6, 6.07) is 11.7. The molecule has 1 saturated heterocycles. The Hall–Kier alpha value is -1.80. The first-order valence-electron chi connectivity index (χ1n) is 10.7. The second-order valence-electron chi connectivity index (χ2n) is 8.13. The molecule has 6 nitrogen and oxygen atoms in total. The van der Waals surface area contributed by atoms with Crippen LogP contribution in [0.1, 0.15) is 37.3 Å². The number of benzene rings is 2. The molecule has 1 amide bonds. The first-order chi connectivity index (χ1) is 15.2. The molecule has 2 aromatic carbocycles. The van der Waals surface area contributed by atoms with Crippen LogP contribution in [-0.4, -0.2) is 44.6 Å². The number of hydrogen-bond acceptors (Lipinski definition) is 4. The highest BCUT2D eigenvalue weighted by molar-refractivity contribution is 7.92. The number of anilines is 1. The van der Waals surface area contributed by atoms with E-state index < -0.39 is 16.1 Å². The maximum Gasteiger partial charge on any atom is 0.244 e. The molecule has 1 atom stereocenters. The number of nitrogens with one attached hydrogen (secondary N) is 1. The van der Waals surface area contributed by atoms with E-state index >= 15 is 0 Å². The van der Waals surface area contributed by atoms with Crippen LogP contribution in [0.25, 0.3) is 0 Å². The standard InChI is InChI=1S/C23H29Cl2N3O3S/c1-3-22(28(32(2,30)31)21-13-19(24)12-20(25)14-21)23(29)26-15-17-7-6-8-18(11-17)16-27-9-4-5-10-27/h6-8,11-14,22H,3-5,9-10,15-16H2,1-2H3,(H,26,29)/t22-/m1/s1. The van der Waals surface area contributed by atoms with Gasteiger partial charge < -0.3 is 5.32 Å². The lowest BCUT2D eigenvalue weighted by Crippen LogP contribution is -2.49. The minimum Gasteiger partial charge on any atom is -0.350 e. The molecule has 3 rings (SSSR count). The van der Waals surface area contributed by atoms with Gasteiger partial charge in [0.25, 0.3) is 0 Å². The summed E-state index contributed by atoms with van der Waals surface area (Å²) in [5.41, 5.74) is 2.44. The van der Waals surface area contributed by atoms with Crippen LogP contribution in [0.2, 0.25) is 10.0 Å². The van der Waals surface area contributed by atoms with Crippen LogP contribution in [0.15, 0.2) is 42.5 Å². The number of rotatable bonds is 9. The third-order valence-electron chi connectivity index (χ3n) is 5.49. The number of sulfonamides is 1. The lowest BCUT2D eigenvalue weighted by atomic mass is 10.1. The van der Waals surface area contributed by atoms with Crippen molar-refractivity contribution in [2.45, 2.75) is 45.3 Å². The number of amides is 1. The van der Waals surface area contributed by atoms with Gasteiger partial charge in [-0.15, -0.1) is 0 Å². The predicted octanol–water partition coefficient (Wildman–Crippen LogP) is 4.45. The fraction of sp³-hybridized carbons (Fsp3) is 0.435. The monoisotopic (exact) mass is 497 g/mol. The molecule has 1 aliphatic rings. The van der Waals surface area contributed by atoms with Crippen molar-refractivity contribution in [1.29, 1.82) is 0 Å². The van der Waals surface area contributed by atoms with E-state index in [0.717, 1.165) is 35.8 Å². The number of carbonyl (C=O) groups is 1. The van der Waals surface area contributed by atoms with Crippen molar-refractivity contribution in [3.63, 3.8) is 0 Å². The zero-order chi connectivity index (χ0) is 23.3. The summed E-state index contributed by atoms with van der Waals surface area (Å²) in [6.45, 7) is 5.22. The van der Waals surface area contributed by atoms with Crippen molar-refractivity contribution in [2.24, 2.45) is 0 Å². The van der Waals surface area contributed by atoms with Gasteiger partial charge in [-0.1, -0.05) is 54.4 Å². The summed E-state index contributed by atoms with van der Waals surface area (Å²) in [4.78, 5) is 15.5. The predicted molar refractivity (Wildman–Crippen MR) is 131 cm³/mol. The maximum atomic E-state index is 13.1. The number of likely N-dealkylation sites (tertiary alicyclic amines) is 1. The van der Waals surface area contributed by atoms with Crippen molar-refractivity contribution in [1.82, 2.24) is 10.2 Å². The van der Waals surface area contributed by atoms with Crippen molar-refractivity contribution in [3.05, 3.63) is 63.6 Å². The molecule has 0 bridgehead atoms. The molecular weight excluding hydrogens is 469 g/mol. The van der Waals surface area contributed by atoms with Gasteiger partial charge in [0, 0.05) is 23.1 Å². The van der Waals surface area contributed by atoms with Crippen molar-refractivity contribution in [3.8, 4) is 0 Å². The summed E-state index contributed by atoms with van der Waals surface area (Å²) >= 11 is 12.2. The Morgan fingerprint density at radius 3 is 2.31 bits per heavy atom. The molecule has 1 heterocycles. The van der Waals surface area contributed by atoms with Gasteiger partial charge in [0.1, 0.15) is 6.04 Å². The summed E-state index contributed by atoms with van der Waals surface area (Å²) in [7, 11) is -3.76. The van der Waals surface area contributed by atoms with Crippen molar-refractivity contribution < 1.29 is 13.2 Å². The fourth-order valence-corrected chi connectivity index (χ4v) is 5.78. The third kappa shape index (κ3) is 6.61. The SMILES string of the molecule is CC[C@H](C(=O)NCc1cccc(CN2CCCC2)c1)N(c1cc(Cl)cc(Cl)c1)S(C)(=O)=O. The average molecular weight is 498 g/mol. The van der Waals surface area contributed by atoms with E-state index in [1.807, 2.05) is 12.1 Å². The molecule has 0 saturated carbocycles. The van der Waals surface area contributed by atoms with E-state index in [9.17, 15) is 13.2 Å². The number of hydrogen-bond donors (Lipinski definition) is 1. The van der Waals surface area contributed by atoms with Gasteiger partial charge in [0.05, 0.1) is 11.9 Å². The first kappa shape index (κ1) is 24.8. The van der Waals surface area contributed by atoms with E-state index in [-0.39, 0.29) is 18.0 Å². The normalized spacial score (nSPS) is 15.5. The lowest BCUT2D eigenvalue weighted by Gasteiger charge is -2.30. The van der Waals surface area contributed by atoms with Crippen LogP contribution < -0.4 is 9.62 Å². The van der Waals surface area contributed by atoms with Crippen LogP contribution in [0.3, 0.4) is 0 Å². The molecule has 0 spiro atoms. The lowest BCUT2D eigenvalue weighted by molar-refractivity contribution is -0.122. The van der Waals surface area contributed by atoms with Gasteiger partial charge in [-0.05, 0) is 61.7 Å². The fourth-order valence-electron chi connectivity index (χ4n) is 4.07. The zero-order valence-electron chi connectivity index (χ0n) is 18.4. The molecule has 9 heteroatoms. The van der Waals surface area contributed by atoms with Crippen LogP contribution >= 0.6 is 23.2 Å². The molecule has 1 N–H and O–H groups in total. The van der Waals surface area contributed by atoms with Gasteiger partial charge in [-0.2, -0.15) is 0 Å². The molecule has 1 fully saturated rings. The Bertz CT molecular complexity index is 1040. The summed E-state index contributed by atoms with van der Waals surface area (Å²) < 4.78 is 26.3. The summed E-state index contributed by atoms with van der Waals surface area (Å²) in [6.07, 6.45) is 3.84. The average Bonchev–Trinajstić information content (AvgIpc) is 3.21. The molecule has 1 aliphatic heterocycles. The second kappa shape index (κ2) is 10.9. The number of nitrogens with zero attached hydrogens (tertiary/aromatic N) is 2. The van der Waals surface area contributed by atoms with Crippen molar-refractivity contribution >= 4 is 44.8 Å². The van der Waals surface area contributed by atoms with Crippen molar-refractivity contribution in [2.75, 3.05) is 23.7 Å². The second-order valence-corrected chi connectivity index (χ2v) is 10.9. The zero-order valence-corrected chi connectivity index (χ0v) is 20.7. The highest BCUT2D eigenvalue weighted by Gasteiger charge is 2.31. The molecule has 0 unspecified atom stereocenters. The van der Waals surface area contributed by atoms with Gasteiger partial charge in [-0.25, -0.2) is 8.42 Å². The minimum atomic E-state index is -3.76. The molecule has 32 heavy (non-hydrogen) atoms. The summed E-state index contributed by atoms with van der Waals surface area (Å²) in [5.74, 6) is -0.376. The molecular formula is C23H29Cl2N3O3S. The van der Waals surface area contributed by atoms with Crippen LogP contribution in [0, 0.1) is 0 Å². The number of carbonyl (C=O) groups excluding carboxylic acids is 1. The highest BCUT2D eigenvalue weighted by atomic mass is 35.5. The quantitative estimate of drug-likeness (QED) is 0.555. The molecule has 0 aliphatic carbocycles. The molecule has 0 aromatic heterocycles. The highest BCUT2D eigenvalue weighted by Crippen LogP contribution is 2.29. The maximum absolute atomic E-state index is 13.1. The van der Waals surface area contributed by atoms with Gasteiger partial charge in [0.15, 0.2) is 0 Å². The van der Waals surface area contributed by atoms with Gasteiger partial charge >= 0.3 is 0 Å². The van der Waals surface area contributed by atoms with Crippen LogP contribution in [0.4, 0.5) is 5.69 Å². The molecule has 174 valence electrons. The Morgan fingerprint density at radius 2 is 1.72 bits per heavy atom. The van der Waals surface area contributed by atoms with E-state index in [0.29, 0.717) is 16.6 Å². The van der Waals surface area contributed by atoms with Crippen LogP contribution in [-0.2, 0) is 27.9 Å². The molecule has 0 radical (unpaired) electrons. The van der Waals surface area contributed by atoms with E-state index in [1.165, 1.54) is 36.6 Å². The van der Waals surface area contributed by atoms with E-state index in [1.54, 1.807) is 6.92 Å². The number of halogens is 2. The van der Waals surface area contributed by atoms with Gasteiger partial charge in [-0.3, -0.25) is 14.0 Å². The first-order valence-corrected chi connectivity index (χ1v) is 13.3. The smallest absolute Gasteiger partial charge is 0.244 e. The van der Waals surface area contributed by atoms with Gasteiger partial charge in [0.2, 0.25) is 15.9 Å².